The second-order valence-corrected chi connectivity index (χ2v) is 6.22. The summed E-state index contributed by atoms with van der Waals surface area (Å²) in [5.41, 5.74) is 2.22. The van der Waals surface area contributed by atoms with E-state index < -0.39 is 5.54 Å². The number of anilines is 1. The smallest absolute Gasteiger partial charge is 0.244 e. The zero-order chi connectivity index (χ0) is 14.8. The van der Waals surface area contributed by atoms with E-state index in [1.165, 1.54) is 0 Å². The molecule has 1 aromatic carbocycles. The van der Waals surface area contributed by atoms with E-state index in [1.54, 1.807) is 18.4 Å². The average Bonchev–Trinajstić information content (AvgIpc) is 2.86. The molecule has 0 spiro atoms. The minimum Gasteiger partial charge on any atom is -0.325 e. The van der Waals surface area contributed by atoms with E-state index in [0.29, 0.717) is 0 Å². The first-order valence-corrected chi connectivity index (χ1v) is 7.33. The van der Waals surface area contributed by atoms with Crippen molar-refractivity contribution in [2.45, 2.75) is 26.3 Å². The van der Waals surface area contributed by atoms with Gasteiger partial charge in [0.25, 0.3) is 0 Å². The maximum absolute atomic E-state index is 12.0. The standard InChI is InChI=1S/C15H19N3OS/c1-10-17-13(9-20-10)11-5-7-12(8-6-11)18-14(19)15(2,3)16-4/h5-9,16H,1-4H3,(H,18,19). The van der Waals surface area contributed by atoms with Gasteiger partial charge >= 0.3 is 0 Å². The number of carbonyl (C=O) groups excluding carboxylic acids is 1. The van der Waals surface area contributed by atoms with E-state index >= 15 is 0 Å². The summed E-state index contributed by atoms with van der Waals surface area (Å²) < 4.78 is 0. The third-order valence-corrected chi connectivity index (χ3v) is 4.02. The molecule has 5 heteroatoms. The highest BCUT2D eigenvalue weighted by Crippen LogP contribution is 2.23. The second kappa shape index (κ2) is 5.73. The fourth-order valence-corrected chi connectivity index (χ4v) is 2.24. The van der Waals surface area contributed by atoms with Crippen LogP contribution in [0.3, 0.4) is 0 Å². The molecule has 2 N–H and O–H groups in total. The van der Waals surface area contributed by atoms with Gasteiger partial charge in [-0.15, -0.1) is 11.3 Å². The molecule has 0 atom stereocenters. The predicted molar refractivity (Wildman–Crippen MR) is 84.1 cm³/mol. The summed E-state index contributed by atoms with van der Waals surface area (Å²) in [6.45, 7) is 5.67. The summed E-state index contributed by atoms with van der Waals surface area (Å²) in [6.07, 6.45) is 0. The van der Waals surface area contributed by atoms with E-state index in [1.807, 2.05) is 50.4 Å². The number of benzene rings is 1. The number of aryl methyl sites for hydroxylation is 1. The molecule has 0 aliphatic heterocycles. The first-order chi connectivity index (χ1) is 9.42. The van der Waals surface area contributed by atoms with Crippen molar-refractivity contribution in [2.24, 2.45) is 0 Å². The van der Waals surface area contributed by atoms with Gasteiger partial charge in [-0.05, 0) is 40.0 Å². The highest BCUT2D eigenvalue weighted by molar-refractivity contribution is 7.09. The number of hydrogen-bond donors (Lipinski definition) is 2. The Bertz CT molecular complexity index is 602. The number of nitrogens with one attached hydrogen (secondary N) is 2. The number of rotatable bonds is 4. The quantitative estimate of drug-likeness (QED) is 0.909. The Morgan fingerprint density at radius 1 is 1.25 bits per heavy atom. The normalized spacial score (nSPS) is 11.4. The summed E-state index contributed by atoms with van der Waals surface area (Å²) >= 11 is 1.63. The van der Waals surface area contributed by atoms with Crippen LogP contribution in [0.15, 0.2) is 29.6 Å². The first-order valence-electron chi connectivity index (χ1n) is 6.45. The first kappa shape index (κ1) is 14.7. The minimum atomic E-state index is -0.593. The highest BCUT2D eigenvalue weighted by Gasteiger charge is 2.24. The van der Waals surface area contributed by atoms with E-state index in [-0.39, 0.29) is 5.91 Å². The van der Waals surface area contributed by atoms with Gasteiger partial charge < -0.3 is 10.6 Å². The molecule has 0 bridgehead atoms. The lowest BCUT2D eigenvalue weighted by atomic mass is 10.0. The fourth-order valence-electron chi connectivity index (χ4n) is 1.62. The van der Waals surface area contributed by atoms with Crippen molar-refractivity contribution in [1.29, 1.82) is 0 Å². The number of carbonyl (C=O) groups is 1. The van der Waals surface area contributed by atoms with E-state index in [2.05, 4.69) is 15.6 Å². The predicted octanol–water partition coefficient (Wildman–Crippen LogP) is 3.06. The molecule has 20 heavy (non-hydrogen) atoms. The van der Waals surface area contributed by atoms with Crippen LogP contribution in [0.5, 0.6) is 0 Å². The summed E-state index contributed by atoms with van der Waals surface area (Å²) in [4.78, 5) is 16.5. The van der Waals surface area contributed by atoms with Gasteiger partial charge in [-0.2, -0.15) is 0 Å². The van der Waals surface area contributed by atoms with Gasteiger partial charge in [0, 0.05) is 16.6 Å². The molecule has 1 aromatic heterocycles. The average molecular weight is 289 g/mol. The molecule has 106 valence electrons. The van der Waals surface area contributed by atoms with Crippen LogP contribution >= 0.6 is 11.3 Å². The molecular formula is C15H19N3OS. The van der Waals surface area contributed by atoms with Crippen LogP contribution in [-0.2, 0) is 4.79 Å². The van der Waals surface area contributed by atoms with Gasteiger partial charge in [-0.3, -0.25) is 4.79 Å². The molecule has 4 nitrogen and oxygen atoms in total. The monoisotopic (exact) mass is 289 g/mol. The van der Waals surface area contributed by atoms with Crippen molar-refractivity contribution in [3.63, 3.8) is 0 Å². The zero-order valence-corrected chi connectivity index (χ0v) is 13.0. The lowest BCUT2D eigenvalue weighted by Gasteiger charge is -2.22. The number of likely N-dealkylation sites (N-methyl/N-ethyl adjacent to an activating group) is 1. The number of aromatic nitrogens is 1. The molecule has 0 radical (unpaired) electrons. The molecular weight excluding hydrogens is 270 g/mol. The maximum atomic E-state index is 12.0. The van der Waals surface area contributed by atoms with Crippen LogP contribution in [0.25, 0.3) is 11.3 Å². The molecule has 0 saturated heterocycles. The molecule has 1 amide bonds. The molecule has 1 heterocycles. The van der Waals surface area contributed by atoms with Gasteiger partial charge in [0.2, 0.25) is 5.91 Å². The topological polar surface area (TPSA) is 54.0 Å². The Labute approximate surface area is 123 Å². The molecule has 2 rings (SSSR count). The summed E-state index contributed by atoms with van der Waals surface area (Å²) in [5, 5.41) is 8.96. The van der Waals surface area contributed by atoms with Crippen molar-refractivity contribution in [3.8, 4) is 11.3 Å². The third kappa shape index (κ3) is 3.23. The van der Waals surface area contributed by atoms with Gasteiger partial charge in [-0.25, -0.2) is 4.98 Å². The molecule has 0 aliphatic rings. The van der Waals surface area contributed by atoms with E-state index in [9.17, 15) is 4.79 Å². The largest absolute Gasteiger partial charge is 0.325 e. The Balaban J connectivity index is 2.11. The molecule has 0 aliphatic carbocycles. The zero-order valence-electron chi connectivity index (χ0n) is 12.2. The fraction of sp³-hybridized carbons (Fsp3) is 0.333. The van der Waals surface area contributed by atoms with Crippen LogP contribution in [0, 0.1) is 6.92 Å². The Hall–Kier alpha value is -1.72. The van der Waals surface area contributed by atoms with E-state index in [0.717, 1.165) is 22.0 Å². The lowest BCUT2D eigenvalue weighted by molar-refractivity contribution is -0.121. The summed E-state index contributed by atoms with van der Waals surface area (Å²) in [5.74, 6) is -0.0581. The second-order valence-electron chi connectivity index (χ2n) is 5.16. The van der Waals surface area contributed by atoms with Crippen molar-refractivity contribution in [2.75, 3.05) is 12.4 Å². The van der Waals surface area contributed by atoms with Crippen LogP contribution in [0.4, 0.5) is 5.69 Å². The van der Waals surface area contributed by atoms with Crippen LogP contribution in [0.1, 0.15) is 18.9 Å². The van der Waals surface area contributed by atoms with Crippen LogP contribution in [0.2, 0.25) is 0 Å². The number of nitrogens with zero attached hydrogens (tertiary/aromatic N) is 1. The Morgan fingerprint density at radius 2 is 1.90 bits per heavy atom. The molecule has 0 saturated carbocycles. The van der Waals surface area contributed by atoms with Crippen molar-refractivity contribution >= 4 is 22.9 Å². The summed E-state index contributed by atoms with van der Waals surface area (Å²) in [7, 11) is 1.77. The number of thiazole rings is 1. The van der Waals surface area contributed by atoms with Crippen LogP contribution in [-0.4, -0.2) is 23.5 Å². The number of hydrogen-bond acceptors (Lipinski definition) is 4. The lowest BCUT2D eigenvalue weighted by Crippen LogP contribution is -2.47. The van der Waals surface area contributed by atoms with Gasteiger partial charge in [0.1, 0.15) is 0 Å². The molecule has 2 aromatic rings. The third-order valence-electron chi connectivity index (χ3n) is 3.25. The van der Waals surface area contributed by atoms with Gasteiger partial charge in [-0.1, -0.05) is 12.1 Å². The van der Waals surface area contributed by atoms with Crippen molar-refractivity contribution in [1.82, 2.24) is 10.3 Å². The number of amides is 1. The van der Waals surface area contributed by atoms with Crippen LogP contribution < -0.4 is 10.6 Å². The molecule has 0 fully saturated rings. The van der Waals surface area contributed by atoms with E-state index in [4.69, 9.17) is 0 Å². The SMILES string of the molecule is CNC(C)(C)C(=O)Nc1ccc(-c2csc(C)n2)cc1. The van der Waals surface area contributed by atoms with Crippen molar-refractivity contribution in [3.05, 3.63) is 34.7 Å². The van der Waals surface area contributed by atoms with Gasteiger partial charge in [0.05, 0.1) is 16.2 Å². The van der Waals surface area contributed by atoms with Crippen molar-refractivity contribution < 1.29 is 4.79 Å². The minimum absolute atomic E-state index is 0.0581. The molecule has 0 unspecified atom stereocenters. The highest BCUT2D eigenvalue weighted by atomic mass is 32.1. The van der Waals surface area contributed by atoms with Gasteiger partial charge in [0.15, 0.2) is 0 Å². The Kier molecular flexibility index (Phi) is 4.20. The Morgan fingerprint density at radius 3 is 2.40 bits per heavy atom. The maximum Gasteiger partial charge on any atom is 0.244 e. The summed E-state index contributed by atoms with van der Waals surface area (Å²) in [6, 6.07) is 7.73.